The Kier molecular flexibility index (Phi) is 5.02. The topological polar surface area (TPSA) is 88.2 Å². The van der Waals surface area contributed by atoms with Crippen LogP contribution in [0.15, 0.2) is 39.5 Å². The largest absolute Gasteiger partial charge is 0.392 e. The number of hydrogen-bond donors (Lipinski definition) is 2. The highest BCUT2D eigenvalue weighted by atomic mass is 32.1. The van der Waals surface area contributed by atoms with E-state index in [1.807, 2.05) is 35.9 Å². The van der Waals surface area contributed by atoms with E-state index in [1.54, 1.807) is 17.4 Å². The van der Waals surface area contributed by atoms with Gasteiger partial charge in [0.1, 0.15) is 0 Å². The van der Waals surface area contributed by atoms with Gasteiger partial charge >= 0.3 is 0 Å². The van der Waals surface area contributed by atoms with Crippen LogP contribution in [0.25, 0.3) is 11.4 Å². The number of anilines is 1. The van der Waals surface area contributed by atoms with Gasteiger partial charge in [-0.15, -0.1) is 0 Å². The Hall–Kier alpha value is -2.51. The smallest absolute Gasteiger partial charge is 0.227 e. The van der Waals surface area contributed by atoms with Crippen molar-refractivity contribution in [3.8, 4) is 11.4 Å². The number of carbonyl (C=O) groups excluding carboxylic acids is 1. The molecule has 6 nitrogen and oxygen atoms in total. The fourth-order valence-corrected chi connectivity index (χ4v) is 2.84. The molecule has 2 N–H and O–H groups in total. The molecule has 0 fully saturated rings. The highest BCUT2D eigenvalue weighted by molar-refractivity contribution is 7.08. The highest BCUT2D eigenvalue weighted by Crippen LogP contribution is 2.20. The van der Waals surface area contributed by atoms with Crippen LogP contribution in [0.2, 0.25) is 0 Å². The number of benzene rings is 1. The summed E-state index contributed by atoms with van der Waals surface area (Å²) in [5, 5.41) is 19.8. The van der Waals surface area contributed by atoms with Crippen molar-refractivity contribution in [2.75, 3.05) is 5.32 Å². The molecule has 0 saturated heterocycles. The minimum atomic E-state index is -0.136. The Morgan fingerprint density at radius 2 is 2.25 bits per heavy atom. The molecule has 0 spiro atoms. The molecule has 24 heavy (non-hydrogen) atoms. The molecule has 1 aromatic carbocycles. The molecular weight excluding hydrogens is 326 g/mol. The molecule has 0 bridgehead atoms. The number of nitrogens with zero attached hydrogens (tertiary/aromatic N) is 2. The van der Waals surface area contributed by atoms with Crippen LogP contribution in [0.1, 0.15) is 23.4 Å². The minimum Gasteiger partial charge on any atom is -0.392 e. The third kappa shape index (κ3) is 3.87. The molecule has 0 aliphatic rings. The molecule has 2 heterocycles. The zero-order chi connectivity index (χ0) is 16.9. The van der Waals surface area contributed by atoms with Crippen LogP contribution in [-0.2, 0) is 17.8 Å². The van der Waals surface area contributed by atoms with Gasteiger partial charge in [0, 0.05) is 29.5 Å². The molecule has 0 unspecified atom stereocenters. The van der Waals surface area contributed by atoms with Gasteiger partial charge in [0.15, 0.2) is 0 Å². The van der Waals surface area contributed by atoms with Crippen LogP contribution in [0.5, 0.6) is 0 Å². The number of aliphatic hydroxyl groups is 1. The van der Waals surface area contributed by atoms with Crippen LogP contribution < -0.4 is 5.32 Å². The van der Waals surface area contributed by atoms with Gasteiger partial charge in [-0.2, -0.15) is 16.3 Å². The molecule has 0 atom stereocenters. The lowest BCUT2D eigenvalue weighted by molar-refractivity contribution is -0.116. The third-order valence-electron chi connectivity index (χ3n) is 3.57. The van der Waals surface area contributed by atoms with Crippen LogP contribution in [0.3, 0.4) is 0 Å². The number of carbonyl (C=O) groups is 1. The van der Waals surface area contributed by atoms with Gasteiger partial charge in [0.05, 0.1) is 6.61 Å². The normalized spacial score (nSPS) is 10.8. The van der Waals surface area contributed by atoms with E-state index in [1.165, 1.54) is 0 Å². The monoisotopic (exact) mass is 343 g/mol. The number of hydrogen-bond acceptors (Lipinski definition) is 6. The summed E-state index contributed by atoms with van der Waals surface area (Å²) in [6, 6.07) is 7.39. The number of amides is 1. The van der Waals surface area contributed by atoms with E-state index in [0.717, 1.165) is 16.7 Å². The lowest BCUT2D eigenvalue weighted by Crippen LogP contribution is -2.13. The van der Waals surface area contributed by atoms with Gasteiger partial charge < -0.3 is 14.9 Å². The molecule has 124 valence electrons. The summed E-state index contributed by atoms with van der Waals surface area (Å²) in [7, 11) is 0. The molecule has 3 rings (SSSR count). The summed E-state index contributed by atoms with van der Waals surface area (Å²) in [6.07, 6.45) is 0.621. The van der Waals surface area contributed by atoms with E-state index >= 15 is 0 Å². The van der Waals surface area contributed by atoms with E-state index in [4.69, 9.17) is 4.52 Å². The van der Waals surface area contributed by atoms with Crippen LogP contribution >= 0.6 is 11.3 Å². The van der Waals surface area contributed by atoms with E-state index in [0.29, 0.717) is 23.8 Å². The first-order valence-corrected chi connectivity index (χ1v) is 8.45. The Bertz CT molecular complexity index is 827. The number of nitrogens with one attached hydrogen (secondary N) is 1. The third-order valence-corrected chi connectivity index (χ3v) is 4.26. The summed E-state index contributed by atoms with van der Waals surface area (Å²) >= 11 is 1.56. The average molecular weight is 343 g/mol. The molecule has 0 radical (unpaired) electrons. The molecule has 1 amide bonds. The second kappa shape index (κ2) is 7.37. The zero-order valence-corrected chi connectivity index (χ0v) is 14.0. The van der Waals surface area contributed by atoms with Crippen molar-refractivity contribution in [1.29, 1.82) is 0 Å². The van der Waals surface area contributed by atoms with Crippen molar-refractivity contribution in [2.45, 2.75) is 26.4 Å². The second-order valence-corrected chi connectivity index (χ2v) is 6.16. The van der Waals surface area contributed by atoms with Crippen molar-refractivity contribution < 1.29 is 14.4 Å². The number of rotatable bonds is 6. The van der Waals surface area contributed by atoms with E-state index in [-0.39, 0.29) is 18.9 Å². The Balaban J connectivity index is 1.58. The van der Waals surface area contributed by atoms with Gasteiger partial charge in [-0.1, -0.05) is 17.3 Å². The van der Waals surface area contributed by atoms with Gasteiger partial charge in [0.2, 0.25) is 17.6 Å². The lowest BCUT2D eigenvalue weighted by Gasteiger charge is -2.09. The quantitative estimate of drug-likeness (QED) is 0.718. The van der Waals surface area contributed by atoms with Crippen LogP contribution in [0.4, 0.5) is 5.69 Å². The fraction of sp³-hybridized carbons (Fsp3) is 0.235. The minimum absolute atomic E-state index is 0.0590. The SMILES string of the molecule is Cc1ccc(CO)cc1NC(=O)CCc1nc(-c2ccsc2)no1. The lowest BCUT2D eigenvalue weighted by atomic mass is 10.1. The summed E-state index contributed by atoms with van der Waals surface area (Å²) < 4.78 is 5.18. The first kappa shape index (κ1) is 16.4. The maximum Gasteiger partial charge on any atom is 0.227 e. The summed E-state index contributed by atoms with van der Waals surface area (Å²) in [5.74, 6) is 0.841. The van der Waals surface area contributed by atoms with Crippen molar-refractivity contribution in [1.82, 2.24) is 10.1 Å². The number of aryl methyl sites for hydroxylation is 2. The Morgan fingerprint density at radius 1 is 1.38 bits per heavy atom. The standard InChI is InChI=1S/C17H17N3O3S/c1-11-2-3-12(9-21)8-14(11)18-15(22)4-5-16-19-17(20-23-16)13-6-7-24-10-13/h2-3,6-8,10,21H,4-5,9H2,1H3,(H,18,22). The van der Waals surface area contributed by atoms with Crippen molar-refractivity contribution >= 4 is 22.9 Å². The first-order chi connectivity index (χ1) is 11.7. The Morgan fingerprint density at radius 3 is 3.00 bits per heavy atom. The van der Waals surface area contributed by atoms with E-state index in [2.05, 4.69) is 15.5 Å². The molecule has 0 aliphatic carbocycles. The van der Waals surface area contributed by atoms with Crippen LogP contribution in [0, 0.1) is 6.92 Å². The molecule has 3 aromatic rings. The molecular formula is C17H17N3O3S. The zero-order valence-electron chi connectivity index (χ0n) is 13.2. The van der Waals surface area contributed by atoms with Crippen molar-refractivity contribution in [3.05, 3.63) is 52.0 Å². The van der Waals surface area contributed by atoms with Crippen molar-refractivity contribution in [3.63, 3.8) is 0 Å². The maximum atomic E-state index is 12.1. The Labute approximate surface area is 143 Å². The van der Waals surface area contributed by atoms with Gasteiger partial charge in [0.25, 0.3) is 0 Å². The number of aliphatic hydroxyl groups excluding tert-OH is 1. The fourth-order valence-electron chi connectivity index (χ4n) is 2.20. The van der Waals surface area contributed by atoms with E-state index < -0.39 is 0 Å². The number of aromatic nitrogens is 2. The molecule has 0 saturated carbocycles. The molecule has 7 heteroatoms. The van der Waals surface area contributed by atoms with Gasteiger partial charge in [-0.3, -0.25) is 4.79 Å². The average Bonchev–Trinajstić information content (AvgIpc) is 3.26. The maximum absolute atomic E-state index is 12.1. The number of thiophene rings is 1. The van der Waals surface area contributed by atoms with Gasteiger partial charge in [-0.05, 0) is 35.6 Å². The highest BCUT2D eigenvalue weighted by Gasteiger charge is 2.12. The van der Waals surface area contributed by atoms with Crippen LogP contribution in [-0.4, -0.2) is 21.2 Å². The second-order valence-electron chi connectivity index (χ2n) is 5.38. The van der Waals surface area contributed by atoms with Crippen molar-refractivity contribution in [2.24, 2.45) is 0 Å². The molecule has 0 aliphatic heterocycles. The van der Waals surface area contributed by atoms with E-state index in [9.17, 15) is 9.90 Å². The summed E-state index contributed by atoms with van der Waals surface area (Å²) in [6.45, 7) is 1.85. The van der Waals surface area contributed by atoms with Gasteiger partial charge in [-0.25, -0.2) is 0 Å². The predicted molar refractivity (Wildman–Crippen MR) is 91.7 cm³/mol. The predicted octanol–water partition coefficient (Wildman–Crippen LogP) is 3.17. The first-order valence-electron chi connectivity index (χ1n) is 7.51. The summed E-state index contributed by atoms with van der Waals surface area (Å²) in [5.41, 5.74) is 3.32. The molecule has 2 aromatic heterocycles. The summed E-state index contributed by atoms with van der Waals surface area (Å²) in [4.78, 5) is 16.4.